The summed E-state index contributed by atoms with van der Waals surface area (Å²) in [6.45, 7) is 1.79. The number of hydrogen-bond acceptors (Lipinski definition) is 7. The third kappa shape index (κ3) is 4.31. The van der Waals surface area contributed by atoms with Crippen LogP contribution in [-0.4, -0.2) is 37.9 Å². The first kappa shape index (κ1) is 20.8. The van der Waals surface area contributed by atoms with E-state index in [-0.39, 0.29) is 0 Å². The Hall–Kier alpha value is -4.11. The SMILES string of the molecule is CCC(OC(=O)c1ccc2nc(-c3cccnc3)[nH]c2c1)C(=O)Nc1nc2ccccc2s1. The van der Waals surface area contributed by atoms with Gasteiger partial charge in [0, 0.05) is 18.0 Å². The number of thiazole rings is 1. The molecule has 5 aromatic rings. The van der Waals surface area contributed by atoms with Gasteiger partial charge in [-0.15, -0.1) is 0 Å². The highest BCUT2D eigenvalue weighted by Gasteiger charge is 2.23. The number of para-hydroxylation sites is 1. The number of anilines is 1. The second kappa shape index (κ2) is 8.79. The third-order valence-corrected chi connectivity index (χ3v) is 6.04. The first-order valence-corrected chi connectivity index (χ1v) is 11.2. The second-order valence-electron chi connectivity index (χ2n) is 7.34. The second-order valence-corrected chi connectivity index (χ2v) is 8.37. The molecule has 9 heteroatoms. The Morgan fingerprint density at radius 2 is 1.97 bits per heavy atom. The Morgan fingerprint density at radius 3 is 2.76 bits per heavy atom. The number of pyridine rings is 1. The van der Waals surface area contributed by atoms with Crippen LogP contribution in [0.3, 0.4) is 0 Å². The van der Waals surface area contributed by atoms with Crippen molar-refractivity contribution in [3.8, 4) is 11.4 Å². The van der Waals surface area contributed by atoms with Crippen LogP contribution in [0.25, 0.3) is 32.6 Å². The summed E-state index contributed by atoms with van der Waals surface area (Å²) in [5.41, 5.74) is 3.38. The van der Waals surface area contributed by atoms with Gasteiger partial charge in [0.25, 0.3) is 5.91 Å². The van der Waals surface area contributed by atoms with E-state index in [1.165, 1.54) is 11.3 Å². The number of amides is 1. The van der Waals surface area contributed by atoms with E-state index in [4.69, 9.17) is 4.74 Å². The van der Waals surface area contributed by atoms with Gasteiger partial charge in [-0.05, 0) is 48.9 Å². The number of aromatic amines is 1. The van der Waals surface area contributed by atoms with Gasteiger partial charge >= 0.3 is 5.97 Å². The summed E-state index contributed by atoms with van der Waals surface area (Å²) in [5, 5.41) is 3.23. The molecule has 1 amide bonds. The third-order valence-electron chi connectivity index (χ3n) is 5.09. The summed E-state index contributed by atoms with van der Waals surface area (Å²) in [5.74, 6) is -0.336. The van der Waals surface area contributed by atoms with Crippen molar-refractivity contribution in [2.24, 2.45) is 0 Å². The van der Waals surface area contributed by atoms with E-state index in [0.29, 0.717) is 34.0 Å². The predicted octanol–water partition coefficient (Wildman–Crippen LogP) is 4.81. The van der Waals surface area contributed by atoms with E-state index in [2.05, 4.69) is 25.3 Å². The number of H-pyrrole nitrogens is 1. The molecule has 0 saturated carbocycles. The molecule has 5 rings (SSSR count). The first-order chi connectivity index (χ1) is 16.1. The van der Waals surface area contributed by atoms with Crippen LogP contribution in [0.1, 0.15) is 23.7 Å². The van der Waals surface area contributed by atoms with Gasteiger partial charge in [0.1, 0.15) is 5.82 Å². The lowest BCUT2D eigenvalue weighted by Gasteiger charge is -2.15. The number of rotatable bonds is 6. The monoisotopic (exact) mass is 457 g/mol. The van der Waals surface area contributed by atoms with E-state index in [1.807, 2.05) is 36.4 Å². The standard InChI is InChI=1S/C24H19N5O3S/c1-2-19(22(30)29-24-28-17-7-3-4-8-20(17)33-24)32-23(31)14-9-10-16-18(12-14)27-21(26-16)15-6-5-11-25-13-15/h3-13,19H,2H2,1H3,(H,26,27)(H,28,29,30). The number of hydrogen-bond donors (Lipinski definition) is 2. The maximum absolute atomic E-state index is 12.8. The van der Waals surface area contributed by atoms with Crippen LogP contribution < -0.4 is 5.32 Å². The van der Waals surface area contributed by atoms with Crippen molar-refractivity contribution in [2.75, 3.05) is 5.32 Å². The van der Waals surface area contributed by atoms with Crippen molar-refractivity contribution in [2.45, 2.75) is 19.4 Å². The highest BCUT2D eigenvalue weighted by molar-refractivity contribution is 7.22. The molecule has 164 valence electrons. The quantitative estimate of drug-likeness (QED) is 0.354. The number of imidazole rings is 1. The number of fused-ring (bicyclic) bond motifs is 2. The van der Waals surface area contributed by atoms with Crippen LogP contribution >= 0.6 is 11.3 Å². The predicted molar refractivity (Wildman–Crippen MR) is 127 cm³/mol. The molecule has 0 spiro atoms. The summed E-state index contributed by atoms with van der Waals surface area (Å²) in [4.78, 5) is 41.7. The summed E-state index contributed by atoms with van der Waals surface area (Å²) in [7, 11) is 0. The number of carbonyl (C=O) groups excluding carboxylic acids is 2. The molecule has 0 saturated heterocycles. The van der Waals surface area contributed by atoms with Crippen LogP contribution in [0.15, 0.2) is 67.0 Å². The zero-order valence-corrected chi connectivity index (χ0v) is 18.4. The van der Waals surface area contributed by atoms with Crippen molar-refractivity contribution >= 4 is 49.6 Å². The van der Waals surface area contributed by atoms with Crippen LogP contribution in [-0.2, 0) is 9.53 Å². The molecule has 0 aliphatic heterocycles. The van der Waals surface area contributed by atoms with Crippen LogP contribution in [0, 0.1) is 0 Å². The van der Waals surface area contributed by atoms with Crippen LogP contribution in [0.4, 0.5) is 5.13 Å². The molecule has 3 aromatic heterocycles. The van der Waals surface area contributed by atoms with Gasteiger partial charge in [-0.3, -0.25) is 15.1 Å². The zero-order valence-electron chi connectivity index (χ0n) is 17.6. The minimum Gasteiger partial charge on any atom is -0.449 e. The molecule has 3 heterocycles. The fraction of sp³-hybridized carbons (Fsp3) is 0.125. The lowest BCUT2D eigenvalue weighted by molar-refractivity contribution is -0.124. The van der Waals surface area contributed by atoms with E-state index < -0.39 is 18.0 Å². The average molecular weight is 458 g/mol. The van der Waals surface area contributed by atoms with Gasteiger partial charge in [-0.1, -0.05) is 30.4 Å². The molecule has 0 radical (unpaired) electrons. The number of carbonyl (C=O) groups is 2. The maximum Gasteiger partial charge on any atom is 0.338 e. The normalized spacial score (nSPS) is 12.0. The lowest BCUT2D eigenvalue weighted by atomic mass is 10.2. The van der Waals surface area contributed by atoms with Crippen molar-refractivity contribution < 1.29 is 14.3 Å². The van der Waals surface area contributed by atoms with Gasteiger partial charge in [0.2, 0.25) is 0 Å². The van der Waals surface area contributed by atoms with Gasteiger partial charge in [-0.2, -0.15) is 0 Å². The number of esters is 1. The van der Waals surface area contributed by atoms with Crippen LogP contribution in [0.5, 0.6) is 0 Å². The molecule has 1 unspecified atom stereocenters. The molecule has 8 nitrogen and oxygen atoms in total. The molecule has 2 aromatic carbocycles. The highest BCUT2D eigenvalue weighted by atomic mass is 32.1. The Balaban J connectivity index is 1.31. The lowest BCUT2D eigenvalue weighted by Crippen LogP contribution is -2.32. The van der Waals surface area contributed by atoms with Crippen molar-refractivity contribution in [3.63, 3.8) is 0 Å². The first-order valence-electron chi connectivity index (χ1n) is 10.4. The van der Waals surface area contributed by atoms with E-state index in [9.17, 15) is 9.59 Å². The zero-order chi connectivity index (χ0) is 22.8. The number of nitrogens with zero attached hydrogens (tertiary/aromatic N) is 3. The molecular weight excluding hydrogens is 438 g/mol. The van der Waals surface area contributed by atoms with Gasteiger partial charge in [-0.25, -0.2) is 14.8 Å². The van der Waals surface area contributed by atoms with Gasteiger partial charge in [0.15, 0.2) is 11.2 Å². The van der Waals surface area contributed by atoms with Crippen molar-refractivity contribution in [3.05, 3.63) is 72.6 Å². The minimum atomic E-state index is -0.937. The number of benzene rings is 2. The van der Waals surface area contributed by atoms with Crippen molar-refractivity contribution in [1.82, 2.24) is 19.9 Å². The number of ether oxygens (including phenoxy) is 1. The number of nitrogens with one attached hydrogen (secondary N) is 2. The summed E-state index contributed by atoms with van der Waals surface area (Å²) < 4.78 is 6.48. The van der Waals surface area contributed by atoms with Crippen molar-refractivity contribution in [1.29, 1.82) is 0 Å². The number of aromatic nitrogens is 4. The van der Waals surface area contributed by atoms with E-state index in [1.54, 1.807) is 37.5 Å². The highest BCUT2D eigenvalue weighted by Crippen LogP contribution is 2.26. The minimum absolute atomic E-state index is 0.329. The molecule has 0 aliphatic carbocycles. The molecule has 0 fully saturated rings. The smallest absolute Gasteiger partial charge is 0.338 e. The molecular formula is C24H19N5O3S. The van der Waals surface area contributed by atoms with Crippen LogP contribution in [0.2, 0.25) is 0 Å². The average Bonchev–Trinajstić information content (AvgIpc) is 3.45. The fourth-order valence-electron chi connectivity index (χ4n) is 3.41. The summed E-state index contributed by atoms with van der Waals surface area (Å²) in [6.07, 6.45) is 2.80. The maximum atomic E-state index is 12.8. The largest absolute Gasteiger partial charge is 0.449 e. The molecule has 2 N–H and O–H groups in total. The van der Waals surface area contributed by atoms with E-state index >= 15 is 0 Å². The Labute approximate surface area is 192 Å². The summed E-state index contributed by atoms with van der Waals surface area (Å²) >= 11 is 1.37. The van der Waals surface area contributed by atoms with Gasteiger partial charge < -0.3 is 9.72 Å². The molecule has 1 atom stereocenters. The Bertz CT molecular complexity index is 1430. The fourth-order valence-corrected chi connectivity index (χ4v) is 4.28. The molecule has 0 bridgehead atoms. The Morgan fingerprint density at radius 1 is 1.09 bits per heavy atom. The summed E-state index contributed by atoms with van der Waals surface area (Å²) in [6, 6.07) is 16.4. The van der Waals surface area contributed by atoms with E-state index in [0.717, 1.165) is 15.8 Å². The van der Waals surface area contributed by atoms with Gasteiger partial charge in [0.05, 0.1) is 26.8 Å². The molecule has 0 aliphatic rings. The Kier molecular flexibility index (Phi) is 5.54. The molecule has 33 heavy (non-hydrogen) atoms. The topological polar surface area (TPSA) is 110 Å².